The minimum absolute atomic E-state index is 0.711. The minimum atomic E-state index is 0.711. The van der Waals surface area contributed by atoms with E-state index >= 15 is 0 Å². The molecule has 11 heavy (non-hydrogen) atoms. The molecule has 0 aromatic heterocycles. The molecule has 1 rings (SSSR count). The maximum absolute atomic E-state index is 3.11. The van der Waals surface area contributed by atoms with Gasteiger partial charge in [-0.15, -0.1) is 0 Å². The Bertz CT molecular complexity index is 172. The van der Waals surface area contributed by atoms with Gasteiger partial charge in [0, 0.05) is 17.3 Å². The normalized spacial score (nSPS) is 18.9. The van der Waals surface area contributed by atoms with Crippen LogP contribution in [0.2, 0.25) is 0 Å². The Kier molecular flexibility index (Phi) is 3.57. The average molecular weight is 169 g/mol. The lowest BCUT2D eigenvalue weighted by Gasteiger charge is -2.15. The molecule has 1 nitrogen and oxygen atoms in total. The molecular weight excluding hydrogens is 154 g/mol. The molecule has 0 saturated heterocycles. The standard InChI is InChI=1S/C9H15NS/c1-3-4-8(2)9-7-10-5-6-11-9/h5-8,10H,3-4H2,1-2H3. The molecule has 0 fully saturated rings. The predicted molar refractivity (Wildman–Crippen MR) is 52.0 cm³/mol. The van der Waals surface area contributed by atoms with Crippen molar-refractivity contribution in [2.75, 3.05) is 0 Å². The maximum atomic E-state index is 3.11. The Hall–Kier alpha value is -0.370. The van der Waals surface area contributed by atoms with Crippen molar-refractivity contribution < 1.29 is 0 Å². The summed E-state index contributed by atoms with van der Waals surface area (Å²) in [6, 6.07) is 0. The molecule has 0 aromatic carbocycles. The molecule has 0 radical (unpaired) electrons. The molecule has 0 bridgehead atoms. The van der Waals surface area contributed by atoms with Crippen LogP contribution < -0.4 is 5.32 Å². The summed E-state index contributed by atoms with van der Waals surface area (Å²) in [5, 5.41) is 5.21. The summed E-state index contributed by atoms with van der Waals surface area (Å²) in [6.45, 7) is 4.51. The Morgan fingerprint density at radius 3 is 3.00 bits per heavy atom. The highest BCUT2D eigenvalue weighted by atomic mass is 32.2. The van der Waals surface area contributed by atoms with Crippen LogP contribution in [0.5, 0.6) is 0 Å². The quantitative estimate of drug-likeness (QED) is 0.697. The lowest BCUT2D eigenvalue weighted by Crippen LogP contribution is -2.04. The van der Waals surface area contributed by atoms with E-state index in [1.807, 2.05) is 18.0 Å². The van der Waals surface area contributed by atoms with Crippen molar-refractivity contribution in [1.82, 2.24) is 5.32 Å². The van der Waals surface area contributed by atoms with Crippen LogP contribution in [0.25, 0.3) is 0 Å². The van der Waals surface area contributed by atoms with Gasteiger partial charge in [0.2, 0.25) is 0 Å². The molecule has 0 aliphatic carbocycles. The topological polar surface area (TPSA) is 12.0 Å². The van der Waals surface area contributed by atoms with Gasteiger partial charge in [0.15, 0.2) is 0 Å². The molecule has 1 N–H and O–H groups in total. The van der Waals surface area contributed by atoms with Gasteiger partial charge in [-0.05, 0) is 17.7 Å². The fourth-order valence-electron chi connectivity index (χ4n) is 1.15. The Morgan fingerprint density at radius 1 is 1.64 bits per heavy atom. The predicted octanol–water partition coefficient (Wildman–Crippen LogP) is 3.07. The van der Waals surface area contributed by atoms with E-state index in [9.17, 15) is 0 Å². The van der Waals surface area contributed by atoms with E-state index in [4.69, 9.17) is 0 Å². The lowest BCUT2D eigenvalue weighted by atomic mass is 10.1. The fraction of sp³-hybridized carbons (Fsp3) is 0.556. The second-order valence-corrected chi connectivity index (χ2v) is 3.80. The van der Waals surface area contributed by atoms with E-state index in [1.165, 1.54) is 17.7 Å². The van der Waals surface area contributed by atoms with Crippen LogP contribution >= 0.6 is 11.8 Å². The third-order valence-electron chi connectivity index (χ3n) is 1.80. The average Bonchev–Trinajstić information content (AvgIpc) is 2.07. The number of hydrogen-bond donors (Lipinski definition) is 1. The molecular formula is C9H15NS. The molecule has 62 valence electrons. The molecule has 1 atom stereocenters. The van der Waals surface area contributed by atoms with Crippen LogP contribution in [-0.4, -0.2) is 0 Å². The summed E-state index contributed by atoms with van der Waals surface area (Å²) in [4.78, 5) is 1.45. The van der Waals surface area contributed by atoms with Crippen molar-refractivity contribution in [3.05, 3.63) is 22.7 Å². The highest BCUT2D eigenvalue weighted by Crippen LogP contribution is 2.29. The van der Waals surface area contributed by atoms with Gasteiger partial charge in [0.1, 0.15) is 0 Å². The molecule has 0 amide bonds. The molecule has 0 spiro atoms. The first-order chi connectivity index (χ1) is 5.34. The summed E-state index contributed by atoms with van der Waals surface area (Å²) in [5.41, 5.74) is 0. The van der Waals surface area contributed by atoms with E-state index in [0.717, 1.165) is 0 Å². The SMILES string of the molecule is CCCC(C)C1=CNC=CS1. The summed E-state index contributed by atoms with van der Waals surface area (Å²) in [6.07, 6.45) is 6.62. The third-order valence-corrected chi connectivity index (χ3v) is 2.87. The van der Waals surface area contributed by atoms with Gasteiger partial charge in [0.25, 0.3) is 0 Å². The summed E-state index contributed by atoms with van der Waals surface area (Å²) in [5.74, 6) is 0.711. The molecule has 2 heteroatoms. The van der Waals surface area contributed by atoms with E-state index in [1.54, 1.807) is 0 Å². The molecule has 1 aliphatic heterocycles. The smallest absolute Gasteiger partial charge is 0.0107 e. The van der Waals surface area contributed by atoms with Gasteiger partial charge in [0.05, 0.1) is 0 Å². The van der Waals surface area contributed by atoms with Gasteiger partial charge < -0.3 is 5.32 Å². The Morgan fingerprint density at radius 2 is 2.45 bits per heavy atom. The highest BCUT2D eigenvalue weighted by Gasteiger charge is 2.08. The Balaban J connectivity index is 2.39. The van der Waals surface area contributed by atoms with Crippen LogP contribution in [0, 0.1) is 5.92 Å². The zero-order valence-corrected chi connectivity index (χ0v) is 7.95. The second-order valence-electron chi connectivity index (χ2n) is 2.82. The van der Waals surface area contributed by atoms with E-state index < -0.39 is 0 Å². The molecule has 0 aromatic rings. The first-order valence-electron chi connectivity index (χ1n) is 4.12. The number of rotatable bonds is 3. The molecule has 1 heterocycles. The first-order valence-corrected chi connectivity index (χ1v) is 5.00. The molecule has 1 aliphatic rings. The van der Waals surface area contributed by atoms with Crippen molar-refractivity contribution in [3.63, 3.8) is 0 Å². The molecule has 1 unspecified atom stereocenters. The van der Waals surface area contributed by atoms with Crippen molar-refractivity contribution in [1.29, 1.82) is 0 Å². The van der Waals surface area contributed by atoms with E-state index in [-0.39, 0.29) is 0 Å². The summed E-state index contributed by atoms with van der Waals surface area (Å²) >= 11 is 1.83. The lowest BCUT2D eigenvalue weighted by molar-refractivity contribution is 0.623. The maximum Gasteiger partial charge on any atom is 0.0107 e. The third kappa shape index (κ3) is 2.62. The van der Waals surface area contributed by atoms with Crippen LogP contribution in [-0.2, 0) is 0 Å². The number of thioether (sulfide) groups is 1. The monoisotopic (exact) mass is 169 g/mol. The molecule has 0 saturated carbocycles. The first kappa shape index (κ1) is 8.72. The van der Waals surface area contributed by atoms with Gasteiger partial charge >= 0.3 is 0 Å². The van der Waals surface area contributed by atoms with Crippen LogP contribution in [0.1, 0.15) is 26.7 Å². The zero-order valence-electron chi connectivity index (χ0n) is 7.13. The zero-order chi connectivity index (χ0) is 8.10. The minimum Gasteiger partial charge on any atom is -0.366 e. The van der Waals surface area contributed by atoms with Crippen LogP contribution in [0.15, 0.2) is 22.7 Å². The van der Waals surface area contributed by atoms with Crippen molar-refractivity contribution >= 4 is 11.8 Å². The number of nitrogens with one attached hydrogen (secondary N) is 1. The Labute approximate surface area is 72.9 Å². The highest BCUT2D eigenvalue weighted by molar-refractivity contribution is 8.05. The summed E-state index contributed by atoms with van der Waals surface area (Å²) < 4.78 is 0. The fourth-order valence-corrected chi connectivity index (χ4v) is 1.94. The van der Waals surface area contributed by atoms with Gasteiger partial charge in [-0.1, -0.05) is 32.0 Å². The van der Waals surface area contributed by atoms with E-state index in [0.29, 0.717) is 5.92 Å². The van der Waals surface area contributed by atoms with E-state index in [2.05, 4.69) is 30.8 Å². The number of hydrogen-bond acceptors (Lipinski definition) is 2. The van der Waals surface area contributed by atoms with Gasteiger partial charge in [-0.2, -0.15) is 0 Å². The van der Waals surface area contributed by atoms with Gasteiger partial charge in [-0.25, -0.2) is 0 Å². The van der Waals surface area contributed by atoms with Crippen molar-refractivity contribution in [2.45, 2.75) is 26.7 Å². The van der Waals surface area contributed by atoms with Crippen LogP contribution in [0.4, 0.5) is 0 Å². The largest absolute Gasteiger partial charge is 0.366 e. The second kappa shape index (κ2) is 4.50. The van der Waals surface area contributed by atoms with Gasteiger partial charge in [-0.3, -0.25) is 0 Å². The number of allylic oxidation sites excluding steroid dienone is 1. The van der Waals surface area contributed by atoms with Crippen LogP contribution in [0.3, 0.4) is 0 Å². The van der Waals surface area contributed by atoms with Crippen molar-refractivity contribution in [3.8, 4) is 0 Å². The summed E-state index contributed by atoms with van der Waals surface area (Å²) in [7, 11) is 0. The van der Waals surface area contributed by atoms with Crippen molar-refractivity contribution in [2.24, 2.45) is 5.92 Å².